The number of pyridine rings is 1. The summed E-state index contributed by atoms with van der Waals surface area (Å²) in [6.45, 7) is 0. The molecule has 1 aliphatic rings. The number of benzene rings is 1. The molecule has 126 valence electrons. The van der Waals surface area contributed by atoms with Crippen LogP contribution in [0.2, 0.25) is 0 Å². The fourth-order valence-corrected chi connectivity index (χ4v) is 4.08. The number of fused-ring (bicyclic) bond motifs is 1. The van der Waals surface area contributed by atoms with Crippen molar-refractivity contribution in [1.29, 1.82) is 0 Å². The van der Waals surface area contributed by atoms with Gasteiger partial charge in [0.05, 0.1) is 12.1 Å². The van der Waals surface area contributed by atoms with Crippen LogP contribution in [0.25, 0.3) is 10.6 Å². The standard InChI is InChI=1S/C20H19N3OS/c24-19(23-18-9-3-6-14-5-1-2-8-17(14)18)11-16-13-25-20(22-16)15-7-4-10-21-12-15/h3-4,6-7,9-10,12-13H,1-2,5,8,11H2,(H,23,24). The fraction of sp³-hybridized carbons (Fsp3) is 0.250. The van der Waals surface area contributed by atoms with Crippen molar-refractivity contribution in [2.45, 2.75) is 32.1 Å². The van der Waals surface area contributed by atoms with Gasteiger partial charge >= 0.3 is 0 Å². The van der Waals surface area contributed by atoms with Crippen LogP contribution < -0.4 is 5.32 Å². The third-order valence-corrected chi connectivity index (χ3v) is 5.41. The lowest BCUT2D eigenvalue weighted by atomic mass is 9.90. The van der Waals surface area contributed by atoms with Gasteiger partial charge in [0.15, 0.2) is 0 Å². The zero-order chi connectivity index (χ0) is 17.1. The Balaban J connectivity index is 1.46. The Hall–Kier alpha value is -2.53. The molecule has 2 aromatic heterocycles. The summed E-state index contributed by atoms with van der Waals surface area (Å²) in [5.74, 6) is -0.0120. The van der Waals surface area contributed by atoms with Crippen molar-refractivity contribution in [2.75, 3.05) is 5.32 Å². The van der Waals surface area contributed by atoms with E-state index in [1.165, 1.54) is 24.0 Å². The maximum absolute atomic E-state index is 12.5. The minimum Gasteiger partial charge on any atom is -0.325 e. The summed E-state index contributed by atoms with van der Waals surface area (Å²) in [7, 11) is 0. The summed E-state index contributed by atoms with van der Waals surface area (Å²) < 4.78 is 0. The first-order chi connectivity index (χ1) is 12.3. The van der Waals surface area contributed by atoms with Gasteiger partial charge in [0.1, 0.15) is 5.01 Å². The smallest absolute Gasteiger partial charge is 0.230 e. The summed E-state index contributed by atoms with van der Waals surface area (Å²) in [5, 5.41) is 5.92. The molecular weight excluding hydrogens is 330 g/mol. The number of hydrogen-bond acceptors (Lipinski definition) is 4. The third-order valence-electron chi connectivity index (χ3n) is 4.47. The molecule has 25 heavy (non-hydrogen) atoms. The van der Waals surface area contributed by atoms with E-state index in [0.29, 0.717) is 6.42 Å². The highest BCUT2D eigenvalue weighted by Gasteiger charge is 2.15. The monoisotopic (exact) mass is 349 g/mol. The Bertz CT molecular complexity index is 889. The van der Waals surface area contributed by atoms with Gasteiger partial charge in [-0.1, -0.05) is 12.1 Å². The third kappa shape index (κ3) is 3.61. The molecule has 0 atom stereocenters. The minimum absolute atomic E-state index is 0.0120. The highest BCUT2D eigenvalue weighted by molar-refractivity contribution is 7.13. The van der Waals surface area contributed by atoms with E-state index in [1.54, 1.807) is 23.7 Å². The van der Waals surface area contributed by atoms with Gasteiger partial charge in [0, 0.05) is 29.0 Å². The van der Waals surface area contributed by atoms with Crippen LogP contribution in [0.15, 0.2) is 48.1 Å². The second kappa shape index (κ2) is 7.15. The number of rotatable bonds is 4. The number of hydrogen-bond donors (Lipinski definition) is 1. The van der Waals surface area contributed by atoms with Gasteiger partial charge in [-0.25, -0.2) is 4.98 Å². The second-order valence-electron chi connectivity index (χ2n) is 6.26. The summed E-state index contributed by atoms with van der Waals surface area (Å²) in [6.07, 6.45) is 8.42. The lowest BCUT2D eigenvalue weighted by Crippen LogP contribution is -2.17. The van der Waals surface area contributed by atoms with Gasteiger partial charge in [-0.05, 0) is 55.0 Å². The molecule has 1 amide bonds. The number of aryl methyl sites for hydroxylation is 1. The Kier molecular flexibility index (Phi) is 4.57. The molecule has 0 radical (unpaired) electrons. The van der Waals surface area contributed by atoms with Gasteiger partial charge in [0.25, 0.3) is 0 Å². The van der Waals surface area contributed by atoms with Gasteiger partial charge in [-0.2, -0.15) is 0 Å². The molecule has 1 aromatic carbocycles. The fourth-order valence-electron chi connectivity index (χ4n) is 3.27. The molecule has 0 saturated heterocycles. The second-order valence-corrected chi connectivity index (χ2v) is 7.12. The zero-order valence-corrected chi connectivity index (χ0v) is 14.7. The van der Waals surface area contributed by atoms with Crippen molar-refractivity contribution < 1.29 is 4.79 Å². The number of amides is 1. The quantitative estimate of drug-likeness (QED) is 0.765. The van der Waals surface area contributed by atoms with E-state index < -0.39 is 0 Å². The first kappa shape index (κ1) is 16.0. The van der Waals surface area contributed by atoms with Gasteiger partial charge in [0.2, 0.25) is 5.91 Å². The Morgan fingerprint density at radius 3 is 2.96 bits per heavy atom. The minimum atomic E-state index is -0.0120. The molecule has 4 nitrogen and oxygen atoms in total. The van der Waals surface area contributed by atoms with Crippen molar-refractivity contribution >= 4 is 22.9 Å². The molecule has 0 aliphatic heterocycles. The molecule has 4 rings (SSSR count). The van der Waals surface area contributed by atoms with Crippen molar-refractivity contribution in [3.8, 4) is 10.6 Å². The molecule has 3 aromatic rings. The van der Waals surface area contributed by atoms with Crippen LogP contribution in [0.3, 0.4) is 0 Å². The van der Waals surface area contributed by atoms with Crippen LogP contribution >= 0.6 is 11.3 Å². The van der Waals surface area contributed by atoms with Crippen molar-refractivity contribution in [1.82, 2.24) is 9.97 Å². The van der Waals surface area contributed by atoms with Gasteiger partial charge in [-0.3, -0.25) is 9.78 Å². The molecule has 0 bridgehead atoms. The number of carbonyl (C=O) groups is 1. The van der Waals surface area contributed by atoms with Crippen molar-refractivity contribution in [3.05, 3.63) is 64.9 Å². The molecule has 0 spiro atoms. The number of nitrogens with one attached hydrogen (secondary N) is 1. The van der Waals surface area contributed by atoms with Gasteiger partial charge < -0.3 is 5.32 Å². The SMILES string of the molecule is O=C(Cc1csc(-c2cccnc2)n1)Nc1cccc2c1CCCC2. The summed E-state index contributed by atoms with van der Waals surface area (Å²) >= 11 is 1.54. The highest BCUT2D eigenvalue weighted by Crippen LogP contribution is 2.28. The number of anilines is 1. The van der Waals surface area contributed by atoms with E-state index in [4.69, 9.17) is 0 Å². The van der Waals surface area contributed by atoms with E-state index in [9.17, 15) is 4.79 Å². The first-order valence-electron chi connectivity index (χ1n) is 8.55. The summed E-state index contributed by atoms with van der Waals surface area (Å²) in [4.78, 5) is 21.1. The molecule has 1 aliphatic carbocycles. The lowest BCUT2D eigenvalue weighted by Gasteiger charge is -2.19. The lowest BCUT2D eigenvalue weighted by molar-refractivity contribution is -0.115. The molecule has 5 heteroatoms. The van der Waals surface area contributed by atoms with E-state index in [1.807, 2.05) is 29.6 Å². The largest absolute Gasteiger partial charge is 0.325 e. The molecule has 2 heterocycles. The highest BCUT2D eigenvalue weighted by atomic mass is 32.1. The van der Waals surface area contributed by atoms with E-state index >= 15 is 0 Å². The maximum atomic E-state index is 12.5. The van der Waals surface area contributed by atoms with Gasteiger partial charge in [-0.15, -0.1) is 11.3 Å². The van der Waals surface area contributed by atoms with Crippen molar-refractivity contribution in [3.63, 3.8) is 0 Å². The average molecular weight is 349 g/mol. The summed E-state index contributed by atoms with van der Waals surface area (Å²) in [5.41, 5.74) is 5.42. The number of aromatic nitrogens is 2. The van der Waals surface area contributed by atoms with Crippen LogP contribution in [0.4, 0.5) is 5.69 Å². The summed E-state index contributed by atoms with van der Waals surface area (Å²) in [6, 6.07) is 10.1. The van der Waals surface area contributed by atoms with Crippen LogP contribution in [0, 0.1) is 0 Å². The Morgan fingerprint density at radius 1 is 1.16 bits per heavy atom. The Labute approximate surface area is 151 Å². The normalized spacial score (nSPS) is 13.3. The molecule has 0 unspecified atom stereocenters. The topological polar surface area (TPSA) is 54.9 Å². The van der Waals surface area contributed by atoms with Crippen LogP contribution in [0.1, 0.15) is 29.7 Å². The average Bonchev–Trinajstić information content (AvgIpc) is 3.11. The molecular formula is C20H19N3OS. The number of thiazole rings is 1. The van der Waals surface area contributed by atoms with E-state index in [2.05, 4.69) is 21.4 Å². The molecule has 0 saturated carbocycles. The van der Waals surface area contributed by atoms with Crippen LogP contribution in [-0.4, -0.2) is 15.9 Å². The van der Waals surface area contributed by atoms with E-state index in [0.717, 1.165) is 34.8 Å². The predicted molar refractivity (Wildman–Crippen MR) is 101 cm³/mol. The van der Waals surface area contributed by atoms with Crippen LogP contribution in [0.5, 0.6) is 0 Å². The molecule has 1 N–H and O–H groups in total. The number of nitrogens with zero attached hydrogens (tertiary/aromatic N) is 2. The predicted octanol–water partition coefficient (Wildman–Crippen LogP) is 4.27. The Morgan fingerprint density at radius 2 is 2.08 bits per heavy atom. The number of carbonyl (C=O) groups excluding carboxylic acids is 1. The molecule has 0 fully saturated rings. The van der Waals surface area contributed by atoms with Crippen LogP contribution in [-0.2, 0) is 24.1 Å². The first-order valence-corrected chi connectivity index (χ1v) is 9.43. The van der Waals surface area contributed by atoms with Crippen molar-refractivity contribution in [2.24, 2.45) is 0 Å². The maximum Gasteiger partial charge on any atom is 0.230 e. The zero-order valence-electron chi connectivity index (χ0n) is 13.9. The van der Waals surface area contributed by atoms with E-state index in [-0.39, 0.29) is 5.91 Å².